The highest BCUT2D eigenvalue weighted by atomic mass is 16.1. The Morgan fingerprint density at radius 3 is 2.55 bits per heavy atom. The van der Waals surface area contributed by atoms with Gasteiger partial charge < -0.3 is 10.2 Å². The molecule has 0 heterocycles. The number of hydrogen-bond acceptors (Lipinski definition) is 2. The quantitative estimate of drug-likeness (QED) is 0.596. The summed E-state index contributed by atoms with van der Waals surface area (Å²) in [5.41, 5.74) is 0.539. The third-order valence-corrected chi connectivity index (χ3v) is 1.11. The molecule has 0 aromatic heterocycles. The molecular weight excluding hydrogens is 140 g/mol. The van der Waals surface area contributed by atoms with Crippen molar-refractivity contribution >= 4 is 5.91 Å². The Kier molecular flexibility index (Phi) is 4.54. The van der Waals surface area contributed by atoms with Crippen LogP contribution in [0.1, 0.15) is 6.92 Å². The van der Waals surface area contributed by atoms with Gasteiger partial charge in [0.25, 0.3) is 0 Å². The first-order valence-electron chi connectivity index (χ1n) is 3.47. The van der Waals surface area contributed by atoms with Crippen molar-refractivity contribution in [3.05, 3.63) is 18.7 Å². The molecule has 0 aliphatic carbocycles. The Balaban J connectivity index is 3.40. The lowest BCUT2D eigenvalue weighted by Crippen LogP contribution is -2.28. The van der Waals surface area contributed by atoms with E-state index in [-0.39, 0.29) is 5.91 Å². The van der Waals surface area contributed by atoms with Crippen LogP contribution in [0.2, 0.25) is 0 Å². The van der Waals surface area contributed by atoms with Gasteiger partial charge in [0.2, 0.25) is 5.91 Å². The maximum atomic E-state index is 10.9. The van der Waals surface area contributed by atoms with Crippen molar-refractivity contribution in [1.29, 1.82) is 0 Å². The van der Waals surface area contributed by atoms with E-state index in [1.165, 1.54) is 0 Å². The SMILES string of the molecule is C=C(C)C(=O)NC[CH]N(C)C. The highest BCUT2D eigenvalue weighted by Crippen LogP contribution is 1.86. The van der Waals surface area contributed by atoms with E-state index in [9.17, 15) is 4.79 Å². The summed E-state index contributed by atoms with van der Waals surface area (Å²) >= 11 is 0. The first-order valence-corrected chi connectivity index (χ1v) is 3.47. The van der Waals surface area contributed by atoms with Gasteiger partial charge in [-0.25, -0.2) is 0 Å². The molecule has 0 aliphatic heterocycles. The van der Waals surface area contributed by atoms with Crippen LogP contribution in [0.25, 0.3) is 0 Å². The molecule has 0 aliphatic rings. The standard InChI is InChI=1S/C8H15N2O/c1-7(2)8(11)9-5-6-10(3)4/h6H,1,5H2,2-4H3,(H,9,11). The number of nitrogens with zero attached hydrogens (tertiary/aromatic N) is 1. The normalized spacial score (nSPS) is 9.82. The molecule has 0 rings (SSSR count). The molecule has 0 unspecified atom stereocenters. The minimum atomic E-state index is -0.0944. The fourth-order valence-electron chi connectivity index (χ4n) is 0.472. The summed E-state index contributed by atoms with van der Waals surface area (Å²) in [5, 5.41) is 2.68. The highest BCUT2D eigenvalue weighted by Gasteiger charge is 1.99. The first-order chi connectivity index (χ1) is 5.04. The summed E-state index contributed by atoms with van der Waals surface area (Å²) in [6.45, 7) is 7.63. The summed E-state index contributed by atoms with van der Waals surface area (Å²) in [4.78, 5) is 12.8. The molecule has 63 valence electrons. The predicted octanol–water partition coefficient (Wildman–Crippen LogP) is 0.402. The van der Waals surface area contributed by atoms with Crippen LogP contribution in [0.5, 0.6) is 0 Å². The number of carbonyl (C=O) groups excluding carboxylic acids is 1. The molecule has 0 fully saturated rings. The monoisotopic (exact) mass is 155 g/mol. The lowest BCUT2D eigenvalue weighted by atomic mass is 10.3. The maximum Gasteiger partial charge on any atom is 0.246 e. The second kappa shape index (κ2) is 4.91. The van der Waals surface area contributed by atoms with Crippen LogP contribution in [-0.4, -0.2) is 31.4 Å². The largest absolute Gasteiger partial charge is 0.351 e. The number of hydrogen-bond donors (Lipinski definition) is 1. The molecule has 0 saturated carbocycles. The zero-order valence-corrected chi connectivity index (χ0v) is 7.35. The van der Waals surface area contributed by atoms with Crippen molar-refractivity contribution < 1.29 is 4.79 Å². The Morgan fingerprint density at radius 1 is 1.64 bits per heavy atom. The Labute approximate surface area is 68.1 Å². The fourth-order valence-corrected chi connectivity index (χ4v) is 0.472. The highest BCUT2D eigenvalue weighted by molar-refractivity contribution is 5.92. The van der Waals surface area contributed by atoms with E-state index < -0.39 is 0 Å². The van der Waals surface area contributed by atoms with Crippen LogP contribution in [0.4, 0.5) is 0 Å². The summed E-state index contributed by atoms with van der Waals surface area (Å²) in [5.74, 6) is -0.0944. The molecule has 3 nitrogen and oxygen atoms in total. The minimum absolute atomic E-state index is 0.0944. The molecule has 0 bridgehead atoms. The first kappa shape index (κ1) is 10.2. The lowest BCUT2D eigenvalue weighted by Gasteiger charge is -2.09. The van der Waals surface area contributed by atoms with Crippen molar-refractivity contribution in [3.63, 3.8) is 0 Å². The number of carbonyl (C=O) groups is 1. The van der Waals surface area contributed by atoms with E-state index in [1.54, 1.807) is 6.92 Å². The third-order valence-electron chi connectivity index (χ3n) is 1.11. The number of amides is 1. The molecule has 11 heavy (non-hydrogen) atoms. The zero-order valence-electron chi connectivity index (χ0n) is 7.35. The molecule has 0 saturated heterocycles. The Bertz CT molecular complexity index is 152. The lowest BCUT2D eigenvalue weighted by molar-refractivity contribution is -0.117. The average molecular weight is 155 g/mol. The molecule has 0 atom stereocenters. The molecule has 3 heteroatoms. The van der Waals surface area contributed by atoms with Crippen LogP contribution in [0.3, 0.4) is 0 Å². The van der Waals surface area contributed by atoms with Gasteiger partial charge in [-0.15, -0.1) is 0 Å². The average Bonchev–Trinajstić information content (AvgIpc) is 1.86. The second-order valence-electron chi connectivity index (χ2n) is 2.64. The zero-order chi connectivity index (χ0) is 8.85. The molecule has 0 aromatic carbocycles. The Hall–Kier alpha value is -0.830. The van der Waals surface area contributed by atoms with Crippen molar-refractivity contribution in [2.45, 2.75) is 6.92 Å². The molecule has 1 N–H and O–H groups in total. The number of likely N-dealkylation sites (N-methyl/N-ethyl adjacent to an activating group) is 1. The number of nitrogens with one attached hydrogen (secondary N) is 1. The summed E-state index contributed by atoms with van der Waals surface area (Å²) in [6.07, 6.45) is 0. The van der Waals surface area contributed by atoms with E-state index in [2.05, 4.69) is 11.9 Å². The molecule has 0 aromatic rings. The summed E-state index contributed by atoms with van der Waals surface area (Å²) < 4.78 is 0. The van der Waals surface area contributed by atoms with Crippen LogP contribution in [-0.2, 0) is 4.79 Å². The molecule has 1 amide bonds. The molecule has 0 spiro atoms. The van der Waals surface area contributed by atoms with Gasteiger partial charge in [-0.2, -0.15) is 0 Å². The van der Waals surface area contributed by atoms with Crippen molar-refractivity contribution in [2.75, 3.05) is 20.6 Å². The topological polar surface area (TPSA) is 32.3 Å². The van der Waals surface area contributed by atoms with Crippen LogP contribution >= 0.6 is 0 Å². The van der Waals surface area contributed by atoms with E-state index in [0.717, 1.165) is 0 Å². The summed E-state index contributed by atoms with van der Waals surface area (Å²) in [7, 11) is 3.82. The van der Waals surface area contributed by atoms with Crippen LogP contribution < -0.4 is 5.32 Å². The third kappa shape index (κ3) is 5.61. The van der Waals surface area contributed by atoms with E-state index >= 15 is 0 Å². The maximum absolute atomic E-state index is 10.9. The van der Waals surface area contributed by atoms with E-state index in [4.69, 9.17) is 0 Å². The van der Waals surface area contributed by atoms with Gasteiger partial charge in [0.05, 0.1) is 0 Å². The fraction of sp³-hybridized carbons (Fsp3) is 0.500. The minimum Gasteiger partial charge on any atom is -0.351 e. The molecule has 1 radical (unpaired) electrons. The van der Waals surface area contributed by atoms with Gasteiger partial charge >= 0.3 is 0 Å². The van der Waals surface area contributed by atoms with Crippen LogP contribution in [0.15, 0.2) is 12.2 Å². The molecular formula is C8H15N2O. The van der Waals surface area contributed by atoms with E-state index in [1.807, 2.05) is 25.5 Å². The van der Waals surface area contributed by atoms with Crippen LogP contribution in [0, 0.1) is 6.54 Å². The van der Waals surface area contributed by atoms with Gasteiger partial charge in [-0.05, 0) is 21.0 Å². The summed E-state index contributed by atoms with van der Waals surface area (Å²) in [6, 6.07) is 0. The van der Waals surface area contributed by atoms with E-state index in [0.29, 0.717) is 12.1 Å². The van der Waals surface area contributed by atoms with Gasteiger partial charge in [0.15, 0.2) is 0 Å². The number of rotatable bonds is 4. The predicted molar refractivity (Wildman–Crippen MR) is 45.8 cm³/mol. The van der Waals surface area contributed by atoms with Gasteiger partial charge in [0, 0.05) is 18.7 Å². The van der Waals surface area contributed by atoms with Crippen molar-refractivity contribution in [1.82, 2.24) is 10.2 Å². The van der Waals surface area contributed by atoms with Gasteiger partial charge in [0.1, 0.15) is 0 Å². The van der Waals surface area contributed by atoms with Crippen molar-refractivity contribution in [3.8, 4) is 0 Å². The second-order valence-corrected chi connectivity index (χ2v) is 2.64. The Morgan fingerprint density at radius 2 is 2.18 bits per heavy atom. The van der Waals surface area contributed by atoms with Gasteiger partial charge in [-0.1, -0.05) is 6.58 Å². The van der Waals surface area contributed by atoms with Gasteiger partial charge in [-0.3, -0.25) is 4.79 Å². The smallest absolute Gasteiger partial charge is 0.246 e. The van der Waals surface area contributed by atoms with Crippen molar-refractivity contribution in [2.24, 2.45) is 0 Å².